The molecule has 0 aliphatic heterocycles. The second kappa shape index (κ2) is 9.01. The standard InChI is InChI=1S/C23H32FN3/c24-19-13-11-18(12-14-19)22-16-25-23(27-22)21(15-17-7-3-1-4-8-17)26-20-9-5-2-6-10-20/h11-14,16-17,20-21,26H,1-10,15H2,(H,25,27). The maximum absolute atomic E-state index is 13.2. The maximum atomic E-state index is 13.2. The molecule has 27 heavy (non-hydrogen) atoms. The summed E-state index contributed by atoms with van der Waals surface area (Å²) in [7, 11) is 0. The maximum Gasteiger partial charge on any atom is 0.123 e. The molecule has 2 aliphatic carbocycles. The molecule has 1 aromatic carbocycles. The zero-order chi connectivity index (χ0) is 18.5. The van der Waals surface area contributed by atoms with Crippen LogP contribution in [0.5, 0.6) is 0 Å². The number of hydrogen-bond acceptors (Lipinski definition) is 2. The summed E-state index contributed by atoms with van der Waals surface area (Å²) >= 11 is 0. The number of nitrogens with zero attached hydrogens (tertiary/aromatic N) is 1. The first-order valence-corrected chi connectivity index (χ1v) is 10.8. The highest BCUT2D eigenvalue weighted by atomic mass is 19.1. The lowest BCUT2D eigenvalue weighted by Gasteiger charge is -2.31. The lowest BCUT2D eigenvalue weighted by Crippen LogP contribution is -2.36. The number of halogens is 1. The van der Waals surface area contributed by atoms with Crippen molar-refractivity contribution in [2.24, 2.45) is 5.92 Å². The van der Waals surface area contributed by atoms with Gasteiger partial charge in [0.25, 0.3) is 0 Å². The number of rotatable bonds is 6. The van der Waals surface area contributed by atoms with Crippen LogP contribution in [0.4, 0.5) is 4.39 Å². The van der Waals surface area contributed by atoms with Crippen molar-refractivity contribution in [2.75, 3.05) is 0 Å². The van der Waals surface area contributed by atoms with Gasteiger partial charge in [-0.1, -0.05) is 51.4 Å². The Kier molecular flexibility index (Phi) is 6.23. The van der Waals surface area contributed by atoms with Crippen molar-refractivity contribution in [3.05, 3.63) is 42.1 Å². The van der Waals surface area contributed by atoms with Crippen molar-refractivity contribution in [3.8, 4) is 11.3 Å². The van der Waals surface area contributed by atoms with Gasteiger partial charge in [-0.05, 0) is 55.0 Å². The Morgan fingerprint density at radius 3 is 2.33 bits per heavy atom. The molecule has 0 radical (unpaired) electrons. The molecule has 3 nitrogen and oxygen atoms in total. The Morgan fingerprint density at radius 2 is 1.63 bits per heavy atom. The quantitative estimate of drug-likeness (QED) is 0.641. The first kappa shape index (κ1) is 18.7. The summed E-state index contributed by atoms with van der Waals surface area (Å²) in [6.07, 6.45) is 16.6. The highest BCUT2D eigenvalue weighted by molar-refractivity contribution is 5.58. The summed E-state index contributed by atoms with van der Waals surface area (Å²) in [6.45, 7) is 0. The molecular weight excluding hydrogens is 337 g/mol. The van der Waals surface area contributed by atoms with E-state index >= 15 is 0 Å². The summed E-state index contributed by atoms with van der Waals surface area (Å²) in [6, 6.07) is 7.57. The van der Waals surface area contributed by atoms with E-state index in [0.29, 0.717) is 12.1 Å². The van der Waals surface area contributed by atoms with Crippen molar-refractivity contribution >= 4 is 0 Å². The predicted molar refractivity (Wildman–Crippen MR) is 108 cm³/mol. The van der Waals surface area contributed by atoms with Gasteiger partial charge in [0.05, 0.1) is 17.9 Å². The van der Waals surface area contributed by atoms with Crippen LogP contribution >= 0.6 is 0 Å². The van der Waals surface area contributed by atoms with Crippen LogP contribution in [-0.2, 0) is 0 Å². The minimum Gasteiger partial charge on any atom is -0.341 e. The molecule has 1 atom stereocenters. The minimum atomic E-state index is -0.201. The Labute approximate surface area is 162 Å². The fraction of sp³-hybridized carbons (Fsp3) is 0.609. The van der Waals surface area contributed by atoms with Gasteiger partial charge in [0.15, 0.2) is 0 Å². The van der Waals surface area contributed by atoms with Crippen LogP contribution in [0.15, 0.2) is 30.5 Å². The Balaban J connectivity index is 1.50. The molecule has 0 spiro atoms. The number of H-pyrrole nitrogens is 1. The first-order chi connectivity index (χ1) is 13.3. The molecule has 0 amide bonds. The van der Waals surface area contributed by atoms with E-state index in [-0.39, 0.29) is 5.82 Å². The van der Waals surface area contributed by atoms with E-state index < -0.39 is 0 Å². The van der Waals surface area contributed by atoms with Crippen molar-refractivity contribution in [3.63, 3.8) is 0 Å². The summed E-state index contributed by atoms with van der Waals surface area (Å²) < 4.78 is 13.2. The monoisotopic (exact) mass is 369 g/mol. The summed E-state index contributed by atoms with van der Waals surface area (Å²) in [5, 5.41) is 3.94. The topological polar surface area (TPSA) is 40.7 Å². The van der Waals surface area contributed by atoms with Crippen molar-refractivity contribution < 1.29 is 4.39 Å². The molecule has 146 valence electrons. The number of benzene rings is 1. The fourth-order valence-electron chi connectivity index (χ4n) is 4.86. The zero-order valence-corrected chi connectivity index (χ0v) is 16.2. The third kappa shape index (κ3) is 4.98. The molecule has 2 N–H and O–H groups in total. The van der Waals surface area contributed by atoms with Gasteiger partial charge in [-0.25, -0.2) is 9.37 Å². The molecule has 2 fully saturated rings. The normalized spacial score (nSPS) is 20.6. The van der Waals surface area contributed by atoms with Gasteiger partial charge in [0, 0.05) is 6.04 Å². The van der Waals surface area contributed by atoms with Crippen LogP contribution in [0.3, 0.4) is 0 Å². The molecule has 1 unspecified atom stereocenters. The van der Waals surface area contributed by atoms with Crippen LogP contribution < -0.4 is 5.32 Å². The highest BCUT2D eigenvalue weighted by Gasteiger charge is 2.25. The predicted octanol–water partition coefficient (Wildman–Crippen LogP) is 6.15. The molecule has 2 saturated carbocycles. The Morgan fingerprint density at radius 1 is 0.963 bits per heavy atom. The first-order valence-electron chi connectivity index (χ1n) is 10.8. The van der Waals surface area contributed by atoms with E-state index in [0.717, 1.165) is 23.0 Å². The van der Waals surface area contributed by atoms with Crippen molar-refractivity contribution in [2.45, 2.75) is 82.7 Å². The number of imidazole rings is 1. The van der Waals surface area contributed by atoms with Crippen molar-refractivity contribution in [1.82, 2.24) is 15.3 Å². The van der Waals surface area contributed by atoms with E-state index in [2.05, 4.69) is 10.3 Å². The lowest BCUT2D eigenvalue weighted by atomic mass is 9.84. The number of nitrogens with one attached hydrogen (secondary N) is 2. The van der Waals surface area contributed by atoms with Gasteiger partial charge in [0.1, 0.15) is 11.6 Å². The largest absolute Gasteiger partial charge is 0.341 e. The SMILES string of the molecule is Fc1ccc(-c2cnc(C(CC3CCCCC3)NC3CCCCC3)[nH]2)cc1. The molecular formula is C23H32FN3. The molecule has 4 heteroatoms. The number of aromatic nitrogens is 2. The number of aromatic amines is 1. The minimum absolute atomic E-state index is 0.201. The second-order valence-corrected chi connectivity index (χ2v) is 8.48. The molecule has 0 saturated heterocycles. The second-order valence-electron chi connectivity index (χ2n) is 8.48. The molecule has 2 aromatic rings. The average molecular weight is 370 g/mol. The van der Waals surface area contributed by atoms with Crippen LogP contribution in [0.1, 0.15) is 82.5 Å². The average Bonchev–Trinajstić information content (AvgIpc) is 3.20. The van der Waals surface area contributed by atoms with Gasteiger partial charge in [-0.3, -0.25) is 0 Å². The molecule has 4 rings (SSSR count). The van der Waals surface area contributed by atoms with E-state index in [4.69, 9.17) is 4.98 Å². The van der Waals surface area contributed by atoms with Gasteiger partial charge in [-0.15, -0.1) is 0 Å². The summed E-state index contributed by atoms with van der Waals surface area (Å²) in [4.78, 5) is 8.27. The van der Waals surface area contributed by atoms with E-state index in [1.165, 1.54) is 82.8 Å². The smallest absolute Gasteiger partial charge is 0.123 e. The molecule has 1 aromatic heterocycles. The summed E-state index contributed by atoms with van der Waals surface area (Å²) in [5.41, 5.74) is 1.97. The van der Waals surface area contributed by atoms with Crippen LogP contribution in [-0.4, -0.2) is 16.0 Å². The zero-order valence-electron chi connectivity index (χ0n) is 16.2. The van der Waals surface area contributed by atoms with E-state index in [1.54, 1.807) is 0 Å². The van der Waals surface area contributed by atoms with Gasteiger partial charge < -0.3 is 10.3 Å². The Hall–Kier alpha value is -1.68. The third-order valence-corrected chi connectivity index (χ3v) is 6.42. The number of hydrogen-bond donors (Lipinski definition) is 2. The third-order valence-electron chi connectivity index (χ3n) is 6.42. The fourth-order valence-corrected chi connectivity index (χ4v) is 4.86. The van der Waals surface area contributed by atoms with Crippen LogP contribution in [0, 0.1) is 11.7 Å². The van der Waals surface area contributed by atoms with Gasteiger partial charge >= 0.3 is 0 Å². The van der Waals surface area contributed by atoms with Gasteiger partial charge in [-0.2, -0.15) is 0 Å². The van der Waals surface area contributed by atoms with E-state index in [1.807, 2.05) is 18.3 Å². The van der Waals surface area contributed by atoms with Crippen LogP contribution in [0.2, 0.25) is 0 Å². The highest BCUT2D eigenvalue weighted by Crippen LogP contribution is 2.33. The molecule has 2 aliphatic rings. The van der Waals surface area contributed by atoms with Crippen molar-refractivity contribution in [1.29, 1.82) is 0 Å². The summed E-state index contributed by atoms with van der Waals surface area (Å²) in [5.74, 6) is 1.65. The Bertz CT molecular complexity index is 677. The lowest BCUT2D eigenvalue weighted by molar-refractivity contribution is 0.262. The van der Waals surface area contributed by atoms with Gasteiger partial charge in [0.2, 0.25) is 0 Å². The molecule has 0 bridgehead atoms. The van der Waals surface area contributed by atoms with E-state index in [9.17, 15) is 4.39 Å². The molecule has 1 heterocycles. The van der Waals surface area contributed by atoms with Crippen LogP contribution in [0.25, 0.3) is 11.3 Å².